The average molecular weight is 383 g/mol. The fraction of sp³-hybridized carbons (Fsp3) is 0.950. The Morgan fingerprint density at radius 3 is 2.37 bits per heavy atom. The summed E-state index contributed by atoms with van der Waals surface area (Å²) in [4.78, 5) is 7.10. The van der Waals surface area contributed by atoms with Crippen LogP contribution in [0.5, 0.6) is 0 Å². The van der Waals surface area contributed by atoms with Gasteiger partial charge in [-0.15, -0.1) is 0 Å². The second-order valence-electron chi connectivity index (χ2n) is 8.44. The largest absolute Gasteiger partial charge is 0.396 e. The molecular weight excluding hydrogens is 344 g/mol. The smallest absolute Gasteiger partial charge is 0.191 e. The zero-order valence-corrected chi connectivity index (χ0v) is 17.0. The molecule has 1 atom stereocenters. The summed E-state index contributed by atoms with van der Waals surface area (Å²) in [6.07, 6.45) is 8.23. The Morgan fingerprint density at radius 2 is 1.74 bits per heavy atom. The Bertz CT molecular complexity index is 468. The van der Waals surface area contributed by atoms with Crippen LogP contribution in [0.2, 0.25) is 0 Å². The van der Waals surface area contributed by atoms with Gasteiger partial charge in [0, 0.05) is 57.4 Å². The molecule has 0 bridgehead atoms. The quantitative estimate of drug-likeness (QED) is 0.450. The maximum atomic E-state index is 9.42. The molecule has 27 heavy (non-hydrogen) atoms. The van der Waals surface area contributed by atoms with Crippen LogP contribution in [0.4, 0.5) is 0 Å². The van der Waals surface area contributed by atoms with Crippen molar-refractivity contribution < 1.29 is 14.6 Å². The third-order valence-corrected chi connectivity index (χ3v) is 6.73. The van der Waals surface area contributed by atoms with Crippen LogP contribution < -0.4 is 10.6 Å². The molecule has 3 N–H and O–H groups in total. The monoisotopic (exact) mass is 382 g/mol. The highest BCUT2D eigenvalue weighted by atomic mass is 16.5. The topological polar surface area (TPSA) is 78.4 Å². The molecule has 1 saturated carbocycles. The predicted octanol–water partition coefficient (Wildman–Crippen LogP) is 0.976. The predicted molar refractivity (Wildman–Crippen MR) is 107 cm³/mol. The van der Waals surface area contributed by atoms with Crippen LogP contribution in [-0.2, 0) is 9.47 Å². The third kappa shape index (κ3) is 5.34. The molecule has 3 aliphatic rings. The SMILES string of the molecule is CN=C(NCC1(CCO)CCOC1)NCC1(N2CCOCC2)CCCCC1. The summed E-state index contributed by atoms with van der Waals surface area (Å²) in [5, 5.41) is 16.5. The second-order valence-corrected chi connectivity index (χ2v) is 8.44. The van der Waals surface area contributed by atoms with E-state index in [1.165, 1.54) is 32.1 Å². The zero-order chi connectivity index (χ0) is 19.0. The van der Waals surface area contributed by atoms with Crippen molar-refractivity contribution in [2.24, 2.45) is 10.4 Å². The molecule has 0 aromatic carbocycles. The van der Waals surface area contributed by atoms with E-state index >= 15 is 0 Å². The number of aliphatic hydroxyl groups excluding tert-OH is 1. The molecule has 0 spiro atoms. The van der Waals surface area contributed by atoms with Gasteiger partial charge in [0.25, 0.3) is 0 Å². The molecule has 2 aliphatic heterocycles. The van der Waals surface area contributed by atoms with Crippen molar-refractivity contribution in [3.63, 3.8) is 0 Å². The number of hydrogen-bond donors (Lipinski definition) is 3. The van der Waals surface area contributed by atoms with Crippen LogP contribution in [0.1, 0.15) is 44.9 Å². The van der Waals surface area contributed by atoms with Crippen LogP contribution in [0.25, 0.3) is 0 Å². The minimum Gasteiger partial charge on any atom is -0.396 e. The number of guanidine groups is 1. The first-order valence-corrected chi connectivity index (χ1v) is 10.7. The lowest BCUT2D eigenvalue weighted by Gasteiger charge is -2.48. The van der Waals surface area contributed by atoms with E-state index in [9.17, 15) is 5.11 Å². The van der Waals surface area contributed by atoms with Gasteiger partial charge in [-0.05, 0) is 25.7 Å². The van der Waals surface area contributed by atoms with Gasteiger partial charge in [0.2, 0.25) is 0 Å². The standard InChI is InChI=1S/C20H38N4O3/c1-21-18(22-15-19(7-11-25)8-12-27-17-19)23-16-20(5-3-2-4-6-20)24-9-13-26-14-10-24/h25H,2-17H2,1H3,(H2,21,22,23). The summed E-state index contributed by atoms with van der Waals surface area (Å²) in [7, 11) is 1.83. The number of aliphatic hydroxyl groups is 1. The fourth-order valence-corrected chi connectivity index (χ4v) is 4.90. The Morgan fingerprint density at radius 1 is 1.00 bits per heavy atom. The lowest BCUT2D eigenvalue weighted by atomic mass is 9.79. The normalized spacial score (nSPS) is 29.6. The van der Waals surface area contributed by atoms with E-state index in [2.05, 4.69) is 20.5 Å². The number of aliphatic imine (C=N–C) groups is 1. The Labute approximate surface area is 163 Å². The molecule has 3 rings (SSSR count). The van der Waals surface area contributed by atoms with Gasteiger partial charge < -0.3 is 25.2 Å². The van der Waals surface area contributed by atoms with E-state index in [-0.39, 0.29) is 17.6 Å². The van der Waals surface area contributed by atoms with Crippen LogP contribution in [0.3, 0.4) is 0 Å². The van der Waals surface area contributed by atoms with E-state index < -0.39 is 0 Å². The van der Waals surface area contributed by atoms with Gasteiger partial charge in [-0.1, -0.05) is 19.3 Å². The van der Waals surface area contributed by atoms with Gasteiger partial charge in [0.15, 0.2) is 5.96 Å². The van der Waals surface area contributed by atoms with Crippen molar-refractivity contribution in [2.75, 3.05) is 66.3 Å². The second kappa shape index (κ2) is 10.0. The molecule has 0 radical (unpaired) electrons. The highest BCUT2D eigenvalue weighted by Gasteiger charge is 2.39. The zero-order valence-electron chi connectivity index (χ0n) is 17.0. The summed E-state index contributed by atoms with van der Waals surface area (Å²) in [5.41, 5.74) is 0.248. The lowest BCUT2D eigenvalue weighted by molar-refractivity contribution is -0.0352. The van der Waals surface area contributed by atoms with Crippen molar-refractivity contribution in [1.82, 2.24) is 15.5 Å². The molecule has 0 aromatic heterocycles. The van der Waals surface area contributed by atoms with E-state index in [0.717, 1.165) is 71.4 Å². The molecule has 7 heteroatoms. The van der Waals surface area contributed by atoms with Gasteiger partial charge >= 0.3 is 0 Å². The van der Waals surface area contributed by atoms with Crippen LogP contribution in [0, 0.1) is 5.41 Å². The first-order chi connectivity index (χ1) is 13.2. The minimum atomic E-state index is 0.0269. The molecule has 156 valence electrons. The lowest BCUT2D eigenvalue weighted by Crippen LogP contribution is -2.60. The first-order valence-electron chi connectivity index (χ1n) is 10.7. The molecule has 2 saturated heterocycles. The number of morpholine rings is 1. The molecule has 0 amide bonds. The summed E-state index contributed by atoms with van der Waals surface area (Å²) in [6, 6.07) is 0. The number of rotatable bonds is 7. The average Bonchev–Trinajstić information content (AvgIpc) is 3.18. The fourth-order valence-electron chi connectivity index (χ4n) is 4.90. The number of ether oxygens (including phenoxy) is 2. The van der Waals surface area contributed by atoms with Gasteiger partial charge in [0.1, 0.15) is 0 Å². The van der Waals surface area contributed by atoms with Crippen molar-refractivity contribution in [3.8, 4) is 0 Å². The summed E-state index contributed by atoms with van der Waals surface area (Å²) in [6.45, 7) is 7.18. The van der Waals surface area contributed by atoms with Crippen molar-refractivity contribution in [2.45, 2.75) is 50.5 Å². The Kier molecular flexibility index (Phi) is 7.75. The van der Waals surface area contributed by atoms with E-state index in [1.54, 1.807) is 0 Å². The van der Waals surface area contributed by atoms with Crippen LogP contribution >= 0.6 is 0 Å². The number of nitrogens with one attached hydrogen (secondary N) is 2. The summed E-state index contributed by atoms with van der Waals surface area (Å²) >= 11 is 0. The third-order valence-electron chi connectivity index (χ3n) is 6.73. The van der Waals surface area contributed by atoms with Gasteiger partial charge in [0.05, 0.1) is 19.8 Å². The highest BCUT2D eigenvalue weighted by Crippen LogP contribution is 2.34. The molecule has 1 aliphatic carbocycles. The van der Waals surface area contributed by atoms with Crippen LogP contribution in [-0.4, -0.2) is 87.8 Å². The maximum Gasteiger partial charge on any atom is 0.191 e. The molecular formula is C20H38N4O3. The van der Waals surface area contributed by atoms with Gasteiger partial charge in [-0.2, -0.15) is 0 Å². The molecule has 2 heterocycles. The van der Waals surface area contributed by atoms with Gasteiger partial charge in [-0.3, -0.25) is 9.89 Å². The van der Waals surface area contributed by atoms with E-state index in [0.29, 0.717) is 0 Å². The van der Waals surface area contributed by atoms with E-state index in [4.69, 9.17) is 9.47 Å². The number of hydrogen-bond acceptors (Lipinski definition) is 5. The number of nitrogens with zero attached hydrogens (tertiary/aromatic N) is 2. The maximum absolute atomic E-state index is 9.42. The summed E-state index contributed by atoms with van der Waals surface area (Å²) in [5.74, 6) is 0.859. The Hall–Kier alpha value is -0.890. The Balaban J connectivity index is 1.56. The highest BCUT2D eigenvalue weighted by molar-refractivity contribution is 5.79. The van der Waals surface area contributed by atoms with Crippen molar-refractivity contribution in [1.29, 1.82) is 0 Å². The van der Waals surface area contributed by atoms with E-state index in [1.807, 2.05) is 7.05 Å². The molecule has 0 aromatic rings. The van der Waals surface area contributed by atoms with Gasteiger partial charge in [-0.25, -0.2) is 0 Å². The van der Waals surface area contributed by atoms with Crippen molar-refractivity contribution >= 4 is 5.96 Å². The van der Waals surface area contributed by atoms with Crippen LogP contribution in [0.15, 0.2) is 4.99 Å². The molecule has 7 nitrogen and oxygen atoms in total. The molecule has 1 unspecified atom stereocenters. The van der Waals surface area contributed by atoms with Crippen molar-refractivity contribution in [3.05, 3.63) is 0 Å². The first kappa shape index (κ1) is 20.8. The summed E-state index contributed by atoms with van der Waals surface area (Å²) < 4.78 is 11.2. The minimum absolute atomic E-state index is 0.0269. The molecule has 3 fully saturated rings.